The highest BCUT2D eigenvalue weighted by atomic mass is 19.4. The molecule has 1 fully saturated rings. The molecule has 0 aliphatic carbocycles. The SMILES string of the molecule is CC1CN(Cc2ccc(F)c(C(F)(F)F)c2)CC1N. The molecule has 0 bridgehead atoms. The molecule has 2 N–H and O–H groups in total. The Morgan fingerprint density at radius 1 is 1.32 bits per heavy atom. The summed E-state index contributed by atoms with van der Waals surface area (Å²) in [7, 11) is 0. The van der Waals surface area contributed by atoms with E-state index < -0.39 is 17.6 Å². The third-order valence-electron chi connectivity index (χ3n) is 3.49. The molecule has 1 aromatic carbocycles. The smallest absolute Gasteiger partial charge is 0.326 e. The Kier molecular flexibility index (Phi) is 3.82. The highest BCUT2D eigenvalue weighted by Crippen LogP contribution is 2.32. The summed E-state index contributed by atoms with van der Waals surface area (Å²) < 4.78 is 50.9. The van der Waals surface area contributed by atoms with Gasteiger partial charge in [-0.25, -0.2) is 4.39 Å². The van der Waals surface area contributed by atoms with Crippen LogP contribution in [0.4, 0.5) is 17.6 Å². The summed E-state index contributed by atoms with van der Waals surface area (Å²) >= 11 is 0. The Morgan fingerprint density at radius 2 is 2.00 bits per heavy atom. The Labute approximate surface area is 109 Å². The van der Waals surface area contributed by atoms with Crippen LogP contribution in [0.15, 0.2) is 18.2 Å². The molecule has 1 aliphatic heterocycles. The van der Waals surface area contributed by atoms with E-state index in [4.69, 9.17) is 5.73 Å². The molecule has 0 amide bonds. The van der Waals surface area contributed by atoms with Crippen LogP contribution in [-0.2, 0) is 12.7 Å². The van der Waals surface area contributed by atoms with Gasteiger partial charge in [0.1, 0.15) is 5.82 Å². The summed E-state index contributed by atoms with van der Waals surface area (Å²) in [5, 5.41) is 0. The van der Waals surface area contributed by atoms with Crippen molar-refractivity contribution in [3.05, 3.63) is 35.1 Å². The number of rotatable bonds is 2. The van der Waals surface area contributed by atoms with Crippen molar-refractivity contribution >= 4 is 0 Å². The first-order chi connectivity index (χ1) is 8.77. The van der Waals surface area contributed by atoms with Gasteiger partial charge in [0.25, 0.3) is 0 Å². The molecule has 0 aromatic heterocycles. The lowest BCUT2D eigenvalue weighted by Crippen LogP contribution is -2.28. The van der Waals surface area contributed by atoms with Crippen LogP contribution in [0.2, 0.25) is 0 Å². The zero-order chi connectivity index (χ0) is 14.2. The first kappa shape index (κ1) is 14.3. The summed E-state index contributed by atoms with van der Waals surface area (Å²) in [6.07, 6.45) is -4.66. The van der Waals surface area contributed by atoms with E-state index in [2.05, 4.69) is 0 Å². The van der Waals surface area contributed by atoms with Crippen LogP contribution < -0.4 is 5.73 Å². The Balaban J connectivity index is 2.14. The van der Waals surface area contributed by atoms with E-state index in [0.29, 0.717) is 24.6 Å². The van der Waals surface area contributed by atoms with Crippen LogP contribution in [0.3, 0.4) is 0 Å². The Bertz CT molecular complexity index is 448. The summed E-state index contributed by atoms with van der Waals surface area (Å²) in [5.74, 6) is -0.912. The van der Waals surface area contributed by atoms with E-state index in [9.17, 15) is 17.6 Å². The number of hydrogen-bond donors (Lipinski definition) is 1. The number of hydrogen-bond acceptors (Lipinski definition) is 2. The van der Waals surface area contributed by atoms with Crippen molar-refractivity contribution in [2.45, 2.75) is 25.7 Å². The zero-order valence-corrected chi connectivity index (χ0v) is 10.5. The molecule has 19 heavy (non-hydrogen) atoms. The first-order valence-electron chi connectivity index (χ1n) is 6.11. The van der Waals surface area contributed by atoms with Gasteiger partial charge in [-0.2, -0.15) is 13.2 Å². The summed E-state index contributed by atoms with van der Waals surface area (Å²) in [4.78, 5) is 1.99. The quantitative estimate of drug-likeness (QED) is 0.841. The van der Waals surface area contributed by atoms with Gasteiger partial charge in [0, 0.05) is 25.7 Å². The molecular weight excluding hydrogens is 260 g/mol. The maximum Gasteiger partial charge on any atom is 0.419 e. The van der Waals surface area contributed by atoms with Crippen molar-refractivity contribution in [1.29, 1.82) is 0 Å². The van der Waals surface area contributed by atoms with E-state index in [-0.39, 0.29) is 6.04 Å². The minimum atomic E-state index is -4.66. The van der Waals surface area contributed by atoms with Gasteiger partial charge in [-0.15, -0.1) is 0 Å². The van der Waals surface area contributed by atoms with Gasteiger partial charge in [0.15, 0.2) is 0 Å². The van der Waals surface area contributed by atoms with Crippen LogP contribution in [0.25, 0.3) is 0 Å². The van der Waals surface area contributed by atoms with Crippen molar-refractivity contribution in [3.8, 4) is 0 Å². The lowest BCUT2D eigenvalue weighted by atomic mass is 10.1. The molecule has 2 nitrogen and oxygen atoms in total. The lowest BCUT2D eigenvalue weighted by Gasteiger charge is -2.16. The highest BCUT2D eigenvalue weighted by molar-refractivity contribution is 5.27. The molecule has 0 saturated carbocycles. The molecule has 2 unspecified atom stereocenters. The fourth-order valence-electron chi connectivity index (χ4n) is 2.37. The van der Waals surface area contributed by atoms with E-state index in [1.807, 2.05) is 11.8 Å². The standard InChI is InChI=1S/C13H16F4N2/c1-8-5-19(7-12(8)18)6-9-2-3-11(14)10(4-9)13(15,16)17/h2-4,8,12H,5-7,18H2,1H3. The second kappa shape index (κ2) is 5.09. The lowest BCUT2D eigenvalue weighted by molar-refractivity contribution is -0.140. The average Bonchev–Trinajstić information content (AvgIpc) is 2.59. The van der Waals surface area contributed by atoms with Crippen LogP contribution in [-0.4, -0.2) is 24.0 Å². The predicted octanol–water partition coefficient (Wildman–Crippen LogP) is 2.62. The van der Waals surface area contributed by atoms with Gasteiger partial charge in [0.05, 0.1) is 5.56 Å². The number of alkyl halides is 3. The second-order valence-corrected chi connectivity index (χ2v) is 5.15. The molecule has 2 rings (SSSR count). The van der Waals surface area contributed by atoms with Gasteiger partial charge in [-0.3, -0.25) is 4.90 Å². The minimum Gasteiger partial charge on any atom is -0.326 e. The first-order valence-corrected chi connectivity index (χ1v) is 6.11. The van der Waals surface area contributed by atoms with Crippen LogP contribution in [0.1, 0.15) is 18.1 Å². The summed E-state index contributed by atoms with van der Waals surface area (Å²) in [5.41, 5.74) is 5.11. The van der Waals surface area contributed by atoms with Crippen LogP contribution in [0.5, 0.6) is 0 Å². The van der Waals surface area contributed by atoms with Crippen molar-refractivity contribution in [1.82, 2.24) is 4.90 Å². The van der Waals surface area contributed by atoms with E-state index in [1.54, 1.807) is 0 Å². The number of nitrogens with zero attached hydrogens (tertiary/aromatic N) is 1. The van der Waals surface area contributed by atoms with E-state index in [1.165, 1.54) is 6.07 Å². The molecule has 6 heteroatoms. The van der Waals surface area contributed by atoms with Crippen molar-refractivity contribution in [2.24, 2.45) is 11.7 Å². The van der Waals surface area contributed by atoms with Gasteiger partial charge in [0.2, 0.25) is 0 Å². The molecule has 106 valence electrons. The van der Waals surface area contributed by atoms with Crippen molar-refractivity contribution in [3.63, 3.8) is 0 Å². The zero-order valence-electron chi connectivity index (χ0n) is 10.5. The largest absolute Gasteiger partial charge is 0.419 e. The van der Waals surface area contributed by atoms with E-state index >= 15 is 0 Å². The molecular formula is C13H16F4N2. The molecule has 1 aromatic rings. The normalized spacial score (nSPS) is 24.9. The fourth-order valence-corrected chi connectivity index (χ4v) is 2.37. The molecule has 1 aliphatic rings. The number of benzene rings is 1. The van der Waals surface area contributed by atoms with E-state index in [0.717, 1.165) is 18.7 Å². The van der Waals surface area contributed by atoms with Gasteiger partial charge in [-0.1, -0.05) is 13.0 Å². The average molecular weight is 276 g/mol. The van der Waals surface area contributed by atoms with Gasteiger partial charge in [-0.05, 0) is 23.6 Å². The second-order valence-electron chi connectivity index (χ2n) is 5.15. The fraction of sp³-hybridized carbons (Fsp3) is 0.538. The van der Waals surface area contributed by atoms with Gasteiger partial charge >= 0.3 is 6.18 Å². The topological polar surface area (TPSA) is 29.3 Å². The minimum absolute atomic E-state index is 0.0440. The maximum absolute atomic E-state index is 13.1. The number of halogens is 4. The monoisotopic (exact) mass is 276 g/mol. The van der Waals surface area contributed by atoms with Crippen molar-refractivity contribution in [2.75, 3.05) is 13.1 Å². The Hall–Kier alpha value is -1.14. The summed E-state index contributed by atoms with van der Waals surface area (Å²) in [6.45, 7) is 3.78. The predicted molar refractivity (Wildman–Crippen MR) is 63.8 cm³/mol. The van der Waals surface area contributed by atoms with Crippen LogP contribution in [0, 0.1) is 11.7 Å². The van der Waals surface area contributed by atoms with Crippen molar-refractivity contribution < 1.29 is 17.6 Å². The molecule has 0 radical (unpaired) electrons. The highest BCUT2D eigenvalue weighted by Gasteiger charge is 2.34. The third kappa shape index (κ3) is 3.25. The molecule has 2 atom stereocenters. The molecule has 1 heterocycles. The van der Waals surface area contributed by atoms with Crippen LogP contribution >= 0.6 is 0 Å². The Morgan fingerprint density at radius 3 is 2.53 bits per heavy atom. The maximum atomic E-state index is 13.1. The molecule has 1 saturated heterocycles. The third-order valence-corrected chi connectivity index (χ3v) is 3.49. The summed E-state index contributed by atoms with van der Waals surface area (Å²) in [6, 6.07) is 3.18. The number of likely N-dealkylation sites (tertiary alicyclic amines) is 1. The number of nitrogens with two attached hydrogens (primary N) is 1. The van der Waals surface area contributed by atoms with Gasteiger partial charge < -0.3 is 5.73 Å². The molecule has 0 spiro atoms.